The van der Waals surface area contributed by atoms with Crippen LogP contribution in [-0.4, -0.2) is 31.9 Å². The number of carboxylic acid groups (broad SMARTS) is 1. The van der Waals surface area contributed by atoms with Gasteiger partial charge in [-0.15, -0.1) is 10.2 Å². The number of rotatable bonds is 5. The average Bonchev–Trinajstić information content (AvgIpc) is 2.64. The summed E-state index contributed by atoms with van der Waals surface area (Å²) in [5.74, 6) is 1.08. The Morgan fingerprint density at radius 1 is 1.42 bits per heavy atom. The minimum absolute atomic E-state index is 0.0969. The van der Waals surface area contributed by atoms with E-state index in [9.17, 15) is 4.79 Å². The Labute approximate surface area is 113 Å². The standard InChI is InChI=1S/C13H22N4O2/c1-3-10(13(18)19)14-9(2)12-16-15-11-7-5-4-6-8-17(11)12/h9-10,14H,3-8H2,1-2H3,(H,18,19). The summed E-state index contributed by atoms with van der Waals surface area (Å²) in [5.41, 5.74) is 0. The van der Waals surface area contributed by atoms with E-state index in [-0.39, 0.29) is 6.04 Å². The zero-order valence-corrected chi connectivity index (χ0v) is 11.6. The topological polar surface area (TPSA) is 80.0 Å². The quantitative estimate of drug-likeness (QED) is 0.844. The first-order chi connectivity index (χ1) is 9.13. The summed E-state index contributed by atoms with van der Waals surface area (Å²) in [7, 11) is 0. The van der Waals surface area contributed by atoms with Crippen molar-refractivity contribution in [3.05, 3.63) is 11.6 Å². The molecule has 19 heavy (non-hydrogen) atoms. The van der Waals surface area contributed by atoms with E-state index >= 15 is 0 Å². The number of aryl methyl sites for hydroxylation is 1. The molecule has 0 saturated carbocycles. The first kappa shape index (κ1) is 14.0. The molecule has 2 N–H and O–H groups in total. The molecule has 6 nitrogen and oxygen atoms in total. The summed E-state index contributed by atoms with van der Waals surface area (Å²) in [4.78, 5) is 11.1. The predicted octanol–water partition coefficient (Wildman–Crippen LogP) is 1.52. The fourth-order valence-corrected chi connectivity index (χ4v) is 2.57. The molecular formula is C13H22N4O2. The van der Waals surface area contributed by atoms with Crippen LogP contribution in [0.1, 0.15) is 57.2 Å². The second-order valence-corrected chi connectivity index (χ2v) is 5.12. The number of carboxylic acids is 1. The number of carbonyl (C=O) groups is 1. The van der Waals surface area contributed by atoms with E-state index in [2.05, 4.69) is 20.1 Å². The second kappa shape index (κ2) is 6.14. The van der Waals surface area contributed by atoms with Gasteiger partial charge in [-0.2, -0.15) is 0 Å². The molecule has 1 aromatic heterocycles. The molecule has 2 unspecified atom stereocenters. The van der Waals surface area contributed by atoms with E-state index in [1.54, 1.807) is 0 Å². The van der Waals surface area contributed by atoms with Gasteiger partial charge >= 0.3 is 5.97 Å². The minimum Gasteiger partial charge on any atom is -0.480 e. The number of nitrogens with zero attached hydrogens (tertiary/aromatic N) is 3. The number of nitrogens with one attached hydrogen (secondary N) is 1. The molecule has 0 aromatic carbocycles. The lowest BCUT2D eigenvalue weighted by atomic mass is 10.2. The Kier molecular flexibility index (Phi) is 4.52. The zero-order valence-electron chi connectivity index (χ0n) is 11.6. The summed E-state index contributed by atoms with van der Waals surface area (Å²) >= 11 is 0. The number of aromatic nitrogens is 3. The van der Waals surface area contributed by atoms with Crippen LogP contribution in [0.25, 0.3) is 0 Å². The van der Waals surface area contributed by atoms with Crippen molar-refractivity contribution >= 4 is 5.97 Å². The van der Waals surface area contributed by atoms with Crippen LogP contribution in [0, 0.1) is 0 Å². The third-order valence-corrected chi connectivity index (χ3v) is 3.68. The number of fused-ring (bicyclic) bond motifs is 1. The predicted molar refractivity (Wildman–Crippen MR) is 70.8 cm³/mol. The van der Waals surface area contributed by atoms with Gasteiger partial charge in [0.05, 0.1) is 6.04 Å². The highest BCUT2D eigenvalue weighted by atomic mass is 16.4. The molecule has 1 aliphatic heterocycles. The normalized spacial score (nSPS) is 18.4. The van der Waals surface area contributed by atoms with Gasteiger partial charge in [-0.1, -0.05) is 13.3 Å². The Morgan fingerprint density at radius 3 is 2.89 bits per heavy atom. The highest BCUT2D eigenvalue weighted by molar-refractivity contribution is 5.73. The largest absolute Gasteiger partial charge is 0.480 e. The van der Waals surface area contributed by atoms with Gasteiger partial charge in [0, 0.05) is 13.0 Å². The van der Waals surface area contributed by atoms with Crippen molar-refractivity contribution in [3.63, 3.8) is 0 Å². The molecular weight excluding hydrogens is 244 g/mol. The lowest BCUT2D eigenvalue weighted by molar-refractivity contribution is -0.139. The first-order valence-electron chi connectivity index (χ1n) is 7.04. The first-order valence-corrected chi connectivity index (χ1v) is 7.04. The fourth-order valence-electron chi connectivity index (χ4n) is 2.57. The molecule has 6 heteroatoms. The Hall–Kier alpha value is -1.43. The molecule has 0 spiro atoms. The summed E-state index contributed by atoms with van der Waals surface area (Å²) < 4.78 is 2.15. The van der Waals surface area contributed by atoms with Crippen molar-refractivity contribution in [2.24, 2.45) is 0 Å². The van der Waals surface area contributed by atoms with Crippen LogP contribution < -0.4 is 5.32 Å². The van der Waals surface area contributed by atoms with Crippen LogP contribution in [0.2, 0.25) is 0 Å². The maximum absolute atomic E-state index is 11.1. The lowest BCUT2D eigenvalue weighted by Gasteiger charge is -2.19. The minimum atomic E-state index is -0.815. The molecule has 2 atom stereocenters. The van der Waals surface area contributed by atoms with Crippen LogP contribution in [-0.2, 0) is 17.8 Å². The maximum atomic E-state index is 11.1. The van der Waals surface area contributed by atoms with Crippen molar-refractivity contribution in [1.29, 1.82) is 0 Å². The van der Waals surface area contributed by atoms with Crippen molar-refractivity contribution in [1.82, 2.24) is 20.1 Å². The van der Waals surface area contributed by atoms with E-state index in [0.29, 0.717) is 6.42 Å². The highest BCUT2D eigenvalue weighted by Gasteiger charge is 2.23. The molecule has 0 aliphatic carbocycles. The molecule has 1 aliphatic rings. The molecule has 0 fully saturated rings. The van der Waals surface area contributed by atoms with Crippen molar-refractivity contribution in [2.45, 2.75) is 64.6 Å². The van der Waals surface area contributed by atoms with Crippen molar-refractivity contribution in [3.8, 4) is 0 Å². The highest BCUT2D eigenvalue weighted by Crippen LogP contribution is 2.19. The van der Waals surface area contributed by atoms with Crippen LogP contribution in [0.15, 0.2) is 0 Å². The van der Waals surface area contributed by atoms with Crippen molar-refractivity contribution < 1.29 is 9.90 Å². The molecule has 0 saturated heterocycles. The number of hydrogen-bond acceptors (Lipinski definition) is 4. The van der Waals surface area contributed by atoms with Crippen molar-refractivity contribution in [2.75, 3.05) is 0 Å². The van der Waals surface area contributed by atoms with Gasteiger partial charge in [0.2, 0.25) is 0 Å². The molecule has 106 valence electrons. The van der Waals surface area contributed by atoms with E-state index < -0.39 is 12.0 Å². The SMILES string of the molecule is CCC(NC(C)c1nnc2n1CCCCC2)C(=O)O. The molecule has 2 heterocycles. The van der Waals surface area contributed by atoms with Gasteiger partial charge in [-0.05, 0) is 26.2 Å². The van der Waals surface area contributed by atoms with Gasteiger partial charge in [0.25, 0.3) is 0 Å². The maximum Gasteiger partial charge on any atom is 0.320 e. The van der Waals surface area contributed by atoms with Gasteiger partial charge < -0.3 is 9.67 Å². The summed E-state index contributed by atoms with van der Waals surface area (Å²) in [6.45, 7) is 4.75. The monoisotopic (exact) mass is 266 g/mol. The lowest BCUT2D eigenvalue weighted by Crippen LogP contribution is -2.38. The van der Waals surface area contributed by atoms with E-state index in [1.165, 1.54) is 6.42 Å². The summed E-state index contributed by atoms with van der Waals surface area (Å²) in [6, 6.07) is -0.630. The Morgan fingerprint density at radius 2 is 2.21 bits per heavy atom. The van der Waals surface area contributed by atoms with Gasteiger partial charge in [-0.3, -0.25) is 10.1 Å². The number of aliphatic carboxylic acids is 1. The molecule has 2 rings (SSSR count). The number of hydrogen-bond donors (Lipinski definition) is 2. The fraction of sp³-hybridized carbons (Fsp3) is 0.769. The van der Waals surface area contributed by atoms with E-state index in [1.807, 2.05) is 13.8 Å². The molecule has 1 aromatic rings. The Bertz CT molecular complexity index is 444. The van der Waals surface area contributed by atoms with Crippen LogP contribution in [0.5, 0.6) is 0 Å². The summed E-state index contributed by atoms with van der Waals surface area (Å²) in [5, 5.41) is 20.7. The average molecular weight is 266 g/mol. The zero-order chi connectivity index (χ0) is 13.8. The van der Waals surface area contributed by atoms with Crippen LogP contribution in [0.3, 0.4) is 0 Å². The smallest absolute Gasteiger partial charge is 0.320 e. The van der Waals surface area contributed by atoms with Gasteiger partial charge in [0.1, 0.15) is 17.7 Å². The Balaban J connectivity index is 2.13. The van der Waals surface area contributed by atoms with E-state index in [0.717, 1.165) is 37.5 Å². The molecule has 0 radical (unpaired) electrons. The third kappa shape index (κ3) is 3.12. The second-order valence-electron chi connectivity index (χ2n) is 5.12. The van der Waals surface area contributed by atoms with E-state index in [4.69, 9.17) is 5.11 Å². The van der Waals surface area contributed by atoms with Gasteiger partial charge in [-0.25, -0.2) is 0 Å². The van der Waals surface area contributed by atoms with Crippen LogP contribution >= 0.6 is 0 Å². The van der Waals surface area contributed by atoms with Gasteiger partial charge in [0.15, 0.2) is 0 Å². The van der Waals surface area contributed by atoms with Crippen LogP contribution in [0.4, 0.5) is 0 Å². The molecule has 0 amide bonds. The third-order valence-electron chi connectivity index (χ3n) is 3.68. The summed E-state index contributed by atoms with van der Waals surface area (Å²) in [6.07, 6.45) is 5.04. The molecule has 0 bridgehead atoms.